The van der Waals surface area contributed by atoms with Crippen LogP contribution in [0.25, 0.3) is 0 Å². The monoisotopic (exact) mass is 274 g/mol. The maximum atomic E-state index is 9.63. The number of carbonyl (C=O) groups is 2. The summed E-state index contributed by atoms with van der Waals surface area (Å²) in [7, 11) is 0. The van der Waals surface area contributed by atoms with Crippen molar-refractivity contribution in [1.82, 2.24) is 10.6 Å². The number of nitrogens with one attached hydrogen (secondary N) is 2. The Hall–Kier alpha value is 0.0397. The molecule has 0 aromatic carbocycles. The maximum Gasteiger partial charge on any atom is 2.00 e. The number of aliphatic hydroxyl groups is 2. The molecule has 0 amide bonds. The van der Waals surface area contributed by atoms with Gasteiger partial charge in [0, 0.05) is 26.2 Å². The summed E-state index contributed by atoms with van der Waals surface area (Å²) in [6.07, 6.45) is -4.88. The van der Waals surface area contributed by atoms with Crippen molar-refractivity contribution in [2.75, 3.05) is 26.2 Å². The predicted octanol–water partition coefficient (Wildman–Crippen LogP) is -5.99. The zero-order valence-corrected chi connectivity index (χ0v) is 11.4. The SMILES string of the molecule is C1CNCCN1.O=C([O-])C(O)C(O)C(=O)[O-].[Ca+2]. The van der Waals surface area contributed by atoms with Gasteiger partial charge in [0.1, 0.15) is 12.2 Å². The molecule has 0 spiro atoms. The first-order valence-electron chi connectivity index (χ1n) is 4.66. The number of rotatable bonds is 3. The molecular formula is C8H14CaN2O6. The van der Waals surface area contributed by atoms with Crippen LogP contribution < -0.4 is 20.8 Å². The van der Waals surface area contributed by atoms with E-state index in [-0.39, 0.29) is 37.7 Å². The van der Waals surface area contributed by atoms with Gasteiger partial charge in [0.15, 0.2) is 0 Å². The molecule has 4 N–H and O–H groups in total. The van der Waals surface area contributed by atoms with E-state index in [0.29, 0.717) is 0 Å². The van der Waals surface area contributed by atoms with Gasteiger partial charge < -0.3 is 40.6 Å². The van der Waals surface area contributed by atoms with Crippen LogP contribution in [0.15, 0.2) is 0 Å². The van der Waals surface area contributed by atoms with Crippen molar-refractivity contribution in [3.63, 3.8) is 0 Å². The summed E-state index contributed by atoms with van der Waals surface area (Å²) in [5.41, 5.74) is 0. The van der Waals surface area contributed by atoms with Crippen molar-refractivity contribution in [2.24, 2.45) is 0 Å². The predicted molar refractivity (Wildman–Crippen MR) is 53.5 cm³/mol. The van der Waals surface area contributed by atoms with Crippen LogP contribution in [0.4, 0.5) is 0 Å². The Labute approximate surface area is 128 Å². The van der Waals surface area contributed by atoms with Gasteiger partial charge >= 0.3 is 37.7 Å². The Morgan fingerprint density at radius 2 is 1.12 bits per heavy atom. The first-order valence-corrected chi connectivity index (χ1v) is 4.66. The molecule has 1 rings (SSSR count). The number of aliphatic hydroxyl groups excluding tert-OH is 2. The van der Waals surface area contributed by atoms with E-state index in [1.54, 1.807) is 0 Å². The van der Waals surface area contributed by atoms with E-state index < -0.39 is 24.1 Å². The van der Waals surface area contributed by atoms with Gasteiger partial charge in [0.05, 0.1) is 11.9 Å². The molecule has 2 unspecified atom stereocenters. The number of aliphatic carboxylic acids is 2. The molecule has 1 aliphatic heterocycles. The number of carboxylic acid groups (broad SMARTS) is 2. The molecular weight excluding hydrogens is 260 g/mol. The van der Waals surface area contributed by atoms with Crippen LogP contribution in [0.1, 0.15) is 0 Å². The van der Waals surface area contributed by atoms with Gasteiger partial charge in [0.25, 0.3) is 0 Å². The molecule has 0 radical (unpaired) electrons. The fraction of sp³-hybridized carbons (Fsp3) is 0.750. The van der Waals surface area contributed by atoms with Gasteiger partial charge in [-0.05, 0) is 0 Å². The Morgan fingerprint density at radius 1 is 0.882 bits per heavy atom. The zero-order valence-electron chi connectivity index (χ0n) is 9.22. The average Bonchev–Trinajstić information content (AvgIpc) is 2.30. The van der Waals surface area contributed by atoms with Crippen LogP contribution in [-0.2, 0) is 9.59 Å². The van der Waals surface area contributed by atoms with Gasteiger partial charge in [-0.1, -0.05) is 0 Å². The summed E-state index contributed by atoms with van der Waals surface area (Å²) in [6, 6.07) is 0. The van der Waals surface area contributed by atoms with Crippen molar-refractivity contribution in [2.45, 2.75) is 12.2 Å². The Balaban J connectivity index is 0. The molecule has 1 aliphatic rings. The quantitative estimate of drug-likeness (QED) is 0.372. The minimum atomic E-state index is -2.44. The second-order valence-corrected chi connectivity index (χ2v) is 3.03. The normalized spacial score (nSPS) is 17.8. The summed E-state index contributed by atoms with van der Waals surface area (Å²) in [4.78, 5) is 19.3. The van der Waals surface area contributed by atoms with Crippen molar-refractivity contribution in [3.8, 4) is 0 Å². The molecule has 17 heavy (non-hydrogen) atoms. The maximum absolute atomic E-state index is 9.63. The summed E-state index contributed by atoms with van der Waals surface area (Å²) in [5.74, 6) is -4.12. The molecule has 94 valence electrons. The summed E-state index contributed by atoms with van der Waals surface area (Å²) in [6.45, 7) is 4.56. The van der Waals surface area contributed by atoms with E-state index >= 15 is 0 Å². The van der Waals surface area contributed by atoms with Gasteiger partial charge in [-0.15, -0.1) is 0 Å². The largest absolute Gasteiger partial charge is 2.00 e. The second-order valence-electron chi connectivity index (χ2n) is 3.03. The Bertz CT molecular complexity index is 207. The van der Waals surface area contributed by atoms with E-state index in [1.807, 2.05) is 0 Å². The van der Waals surface area contributed by atoms with Gasteiger partial charge in [-0.3, -0.25) is 0 Å². The molecule has 0 aliphatic carbocycles. The molecule has 1 heterocycles. The number of hydrogen-bond acceptors (Lipinski definition) is 8. The molecule has 1 fully saturated rings. The summed E-state index contributed by atoms with van der Waals surface area (Å²) in [5, 5.41) is 42.2. The minimum absolute atomic E-state index is 0. The molecule has 0 aromatic heterocycles. The molecule has 0 saturated carbocycles. The molecule has 8 nitrogen and oxygen atoms in total. The van der Waals surface area contributed by atoms with E-state index in [2.05, 4.69) is 10.6 Å². The fourth-order valence-corrected chi connectivity index (χ4v) is 0.861. The van der Waals surface area contributed by atoms with Crippen LogP contribution in [0, 0.1) is 0 Å². The third-order valence-electron chi connectivity index (χ3n) is 1.74. The van der Waals surface area contributed by atoms with Crippen LogP contribution in [0.5, 0.6) is 0 Å². The van der Waals surface area contributed by atoms with Crippen LogP contribution in [0.2, 0.25) is 0 Å². The van der Waals surface area contributed by atoms with Gasteiger partial charge in [0.2, 0.25) is 0 Å². The van der Waals surface area contributed by atoms with Crippen molar-refractivity contribution in [3.05, 3.63) is 0 Å². The first kappa shape index (κ1) is 19.4. The van der Waals surface area contributed by atoms with Crippen LogP contribution in [0.3, 0.4) is 0 Å². The van der Waals surface area contributed by atoms with Gasteiger partial charge in [-0.25, -0.2) is 0 Å². The fourth-order valence-electron chi connectivity index (χ4n) is 0.861. The number of piperazine rings is 1. The van der Waals surface area contributed by atoms with Crippen LogP contribution in [-0.4, -0.2) is 98.3 Å². The summed E-state index contributed by atoms with van der Waals surface area (Å²) >= 11 is 0. The van der Waals surface area contributed by atoms with Crippen molar-refractivity contribution < 1.29 is 30.0 Å². The van der Waals surface area contributed by atoms with E-state index in [4.69, 9.17) is 10.2 Å². The Morgan fingerprint density at radius 3 is 1.24 bits per heavy atom. The molecule has 0 bridgehead atoms. The minimum Gasteiger partial charge on any atom is -0.547 e. The molecule has 0 aromatic rings. The van der Waals surface area contributed by atoms with Gasteiger partial charge in [-0.2, -0.15) is 0 Å². The number of carboxylic acids is 2. The average molecular weight is 274 g/mol. The Kier molecular flexibility index (Phi) is 12.7. The molecule has 9 heteroatoms. The zero-order chi connectivity index (χ0) is 12.6. The summed E-state index contributed by atoms with van der Waals surface area (Å²) < 4.78 is 0. The van der Waals surface area contributed by atoms with Crippen LogP contribution >= 0.6 is 0 Å². The first-order chi connectivity index (χ1) is 7.46. The third-order valence-corrected chi connectivity index (χ3v) is 1.74. The second kappa shape index (κ2) is 11.1. The smallest absolute Gasteiger partial charge is 0.547 e. The van der Waals surface area contributed by atoms with Crippen molar-refractivity contribution >= 4 is 49.7 Å². The standard InChI is InChI=1S/C4H10N2.C4H6O6.Ca/c1-2-6-4-3-5-1;5-1(3(7)8)2(6)4(9)10;/h5-6H,1-4H2;1-2,5-6H,(H,7,8)(H,9,10);/q;;+2/p-2. The molecule has 2 atom stereocenters. The number of hydrogen-bond donors (Lipinski definition) is 4. The third kappa shape index (κ3) is 9.72. The molecule has 1 saturated heterocycles. The van der Waals surface area contributed by atoms with E-state index in [9.17, 15) is 19.8 Å². The van der Waals surface area contributed by atoms with Crippen molar-refractivity contribution in [1.29, 1.82) is 0 Å². The van der Waals surface area contributed by atoms with E-state index in [0.717, 1.165) is 26.2 Å². The number of carbonyl (C=O) groups excluding carboxylic acids is 2. The topological polar surface area (TPSA) is 145 Å². The van der Waals surface area contributed by atoms with E-state index in [1.165, 1.54) is 0 Å².